The Balaban J connectivity index is 1.05. The highest BCUT2D eigenvalue weighted by atomic mass is 16.3. The molecule has 0 amide bonds. The molecule has 0 saturated heterocycles. The van der Waals surface area contributed by atoms with Gasteiger partial charge in [-0.3, -0.25) is 0 Å². The minimum absolute atomic E-state index is 0.386. The zero-order valence-corrected chi connectivity index (χ0v) is 30.8. The summed E-state index contributed by atoms with van der Waals surface area (Å²) in [4.78, 5) is 0. The van der Waals surface area contributed by atoms with Crippen LogP contribution in [0, 0.1) is 17.8 Å². The molecule has 3 aliphatic carbocycles. The first-order valence-electron chi connectivity index (χ1n) is 20.0. The molecule has 7 aromatic carbocycles. The highest BCUT2D eigenvalue weighted by Gasteiger charge is 2.35. The fourth-order valence-corrected chi connectivity index (χ4v) is 10.1. The molecule has 0 spiro atoms. The second-order valence-corrected chi connectivity index (χ2v) is 16.0. The van der Waals surface area contributed by atoms with Gasteiger partial charge in [-0.05, 0) is 110 Å². The highest BCUT2D eigenvalue weighted by molar-refractivity contribution is 6.19. The van der Waals surface area contributed by atoms with Crippen LogP contribution in [0.3, 0.4) is 0 Å². The average molecular weight is 707 g/mol. The van der Waals surface area contributed by atoms with Gasteiger partial charge in [0.1, 0.15) is 11.2 Å². The topological polar surface area (TPSA) is 13.1 Å². The molecule has 1 fully saturated rings. The maximum atomic E-state index is 6.77. The summed E-state index contributed by atoms with van der Waals surface area (Å²) in [7, 11) is 0. The average Bonchev–Trinajstić information content (AvgIpc) is 3.65. The number of allylic oxidation sites excluding steroid dienone is 8. The molecule has 5 atom stereocenters. The van der Waals surface area contributed by atoms with Gasteiger partial charge in [0, 0.05) is 28.0 Å². The Kier molecular flexibility index (Phi) is 7.80. The molecule has 0 aliphatic heterocycles. The molecular weight excluding hydrogens is 665 g/mol. The van der Waals surface area contributed by atoms with E-state index in [2.05, 4.69) is 188 Å². The van der Waals surface area contributed by atoms with Crippen molar-refractivity contribution in [1.29, 1.82) is 0 Å². The van der Waals surface area contributed by atoms with Crippen molar-refractivity contribution in [1.82, 2.24) is 0 Å². The van der Waals surface area contributed by atoms with Crippen molar-refractivity contribution in [3.63, 3.8) is 0 Å². The largest absolute Gasteiger partial charge is 0.455 e. The van der Waals surface area contributed by atoms with Gasteiger partial charge in [-0.1, -0.05) is 170 Å². The molecular formula is C54H42O. The standard InChI is InChI=1S/C54H42O/c1-3-12-35(13-4-1)39-24-25-41-30-43(27-26-40(41)29-39)45-31-44(42-23-22-36-14-7-8-17-38(36)28-42)32-46(33-45)50-34-51-53-47(37-15-5-2-6-16-37)20-11-21-52(53)55-54(51)49-19-10-9-18-48(49)50/h1-30,34,36,38,44-46H,31-33H2. The van der Waals surface area contributed by atoms with Crippen LogP contribution in [0.5, 0.6) is 0 Å². The second-order valence-electron chi connectivity index (χ2n) is 16.0. The van der Waals surface area contributed by atoms with Gasteiger partial charge in [0.15, 0.2) is 0 Å². The third kappa shape index (κ3) is 5.69. The zero-order valence-electron chi connectivity index (χ0n) is 30.8. The minimum Gasteiger partial charge on any atom is -0.455 e. The number of hydrogen-bond acceptors (Lipinski definition) is 1. The lowest BCUT2D eigenvalue weighted by Gasteiger charge is -2.38. The summed E-state index contributed by atoms with van der Waals surface area (Å²) in [6, 6.07) is 53.7. The Morgan fingerprint density at radius 2 is 1.18 bits per heavy atom. The van der Waals surface area contributed by atoms with Crippen LogP contribution in [0.2, 0.25) is 0 Å². The van der Waals surface area contributed by atoms with Crippen molar-refractivity contribution in [2.45, 2.75) is 31.1 Å². The first-order valence-corrected chi connectivity index (χ1v) is 20.0. The summed E-state index contributed by atoms with van der Waals surface area (Å²) in [5, 5.41) is 7.58. The predicted octanol–water partition coefficient (Wildman–Crippen LogP) is 14.7. The van der Waals surface area contributed by atoms with E-state index in [0.29, 0.717) is 29.6 Å². The summed E-state index contributed by atoms with van der Waals surface area (Å²) >= 11 is 0. The molecule has 5 unspecified atom stereocenters. The monoisotopic (exact) mass is 706 g/mol. The molecule has 0 radical (unpaired) electrons. The molecule has 1 heterocycles. The van der Waals surface area contributed by atoms with Crippen LogP contribution in [0.25, 0.3) is 65.7 Å². The Bertz CT molecular complexity index is 2870. The van der Waals surface area contributed by atoms with Gasteiger partial charge in [0.25, 0.3) is 0 Å². The lowest BCUT2D eigenvalue weighted by Crippen LogP contribution is -2.24. The van der Waals surface area contributed by atoms with Gasteiger partial charge in [-0.25, -0.2) is 0 Å². The smallest absolute Gasteiger partial charge is 0.143 e. The van der Waals surface area contributed by atoms with Crippen molar-refractivity contribution in [3.05, 3.63) is 205 Å². The van der Waals surface area contributed by atoms with E-state index in [1.807, 2.05) is 0 Å². The van der Waals surface area contributed by atoms with Crippen LogP contribution < -0.4 is 0 Å². The molecule has 0 bridgehead atoms. The van der Waals surface area contributed by atoms with Gasteiger partial charge >= 0.3 is 0 Å². The highest BCUT2D eigenvalue weighted by Crippen LogP contribution is 2.51. The van der Waals surface area contributed by atoms with E-state index in [0.717, 1.165) is 30.4 Å². The van der Waals surface area contributed by atoms with E-state index >= 15 is 0 Å². The molecule has 1 nitrogen and oxygen atoms in total. The van der Waals surface area contributed by atoms with Crippen molar-refractivity contribution >= 4 is 43.5 Å². The molecule has 1 saturated carbocycles. The summed E-state index contributed by atoms with van der Waals surface area (Å²) in [5.41, 5.74) is 11.3. The van der Waals surface area contributed by atoms with Gasteiger partial charge in [-0.15, -0.1) is 0 Å². The van der Waals surface area contributed by atoms with Gasteiger partial charge < -0.3 is 4.42 Å². The Labute approximate surface area is 322 Å². The number of hydrogen-bond donors (Lipinski definition) is 0. The first-order chi connectivity index (χ1) is 27.2. The molecule has 1 heteroatoms. The molecule has 264 valence electrons. The molecule has 11 rings (SSSR count). The summed E-state index contributed by atoms with van der Waals surface area (Å²) in [6.45, 7) is 0. The van der Waals surface area contributed by atoms with Crippen molar-refractivity contribution < 1.29 is 4.42 Å². The number of rotatable bonds is 5. The van der Waals surface area contributed by atoms with Crippen molar-refractivity contribution in [2.24, 2.45) is 17.8 Å². The van der Waals surface area contributed by atoms with Crippen LogP contribution in [0.15, 0.2) is 198 Å². The minimum atomic E-state index is 0.386. The summed E-state index contributed by atoms with van der Waals surface area (Å²) in [6.07, 6.45) is 20.0. The molecule has 55 heavy (non-hydrogen) atoms. The Morgan fingerprint density at radius 3 is 2.04 bits per heavy atom. The van der Waals surface area contributed by atoms with Crippen molar-refractivity contribution in [3.8, 4) is 22.3 Å². The molecule has 1 aromatic heterocycles. The molecule has 3 aliphatic rings. The predicted molar refractivity (Wildman–Crippen MR) is 231 cm³/mol. The van der Waals surface area contributed by atoms with Crippen LogP contribution >= 0.6 is 0 Å². The molecule has 8 aromatic rings. The van der Waals surface area contributed by atoms with Gasteiger partial charge in [-0.2, -0.15) is 0 Å². The van der Waals surface area contributed by atoms with E-state index in [1.165, 1.54) is 71.3 Å². The summed E-state index contributed by atoms with van der Waals surface area (Å²) < 4.78 is 6.77. The number of fused-ring (bicyclic) bond motifs is 7. The van der Waals surface area contributed by atoms with Gasteiger partial charge in [0.2, 0.25) is 0 Å². The fraction of sp³-hybridized carbons (Fsp3) is 0.148. The van der Waals surface area contributed by atoms with Crippen LogP contribution in [-0.2, 0) is 0 Å². The third-order valence-electron chi connectivity index (χ3n) is 12.8. The van der Waals surface area contributed by atoms with E-state index < -0.39 is 0 Å². The zero-order chi connectivity index (χ0) is 36.3. The SMILES string of the molecule is C1=CC2C=CC(C3CC(c4ccc5cc(-c6ccccc6)ccc5c4)CC(c4cc5c(oc6cccc(-c7ccccc7)c65)c5ccccc45)C3)=CC2C=C1. The maximum Gasteiger partial charge on any atom is 0.143 e. The third-order valence-corrected chi connectivity index (χ3v) is 12.8. The van der Waals surface area contributed by atoms with E-state index in [1.54, 1.807) is 0 Å². The summed E-state index contributed by atoms with van der Waals surface area (Å²) in [5.74, 6) is 2.19. The normalized spacial score (nSPS) is 22.0. The first kappa shape index (κ1) is 32.3. The van der Waals surface area contributed by atoms with Crippen LogP contribution in [-0.4, -0.2) is 0 Å². The number of furan rings is 1. The number of benzene rings is 7. The van der Waals surface area contributed by atoms with E-state index in [-0.39, 0.29) is 0 Å². The van der Waals surface area contributed by atoms with Gasteiger partial charge in [0.05, 0.1) is 0 Å². The lowest BCUT2D eigenvalue weighted by molar-refractivity contribution is 0.323. The maximum absolute atomic E-state index is 6.77. The Morgan fingerprint density at radius 1 is 0.473 bits per heavy atom. The second kappa shape index (κ2) is 13.3. The van der Waals surface area contributed by atoms with Crippen LogP contribution in [0.4, 0.5) is 0 Å². The Hall–Kier alpha value is -6.18. The van der Waals surface area contributed by atoms with E-state index in [9.17, 15) is 0 Å². The van der Waals surface area contributed by atoms with Crippen molar-refractivity contribution in [2.75, 3.05) is 0 Å². The quantitative estimate of drug-likeness (QED) is 0.174. The van der Waals surface area contributed by atoms with Crippen LogP contribution in [0.1, 0.15) is 42.2 Å². The molecule has 0 N–H and O–H groups in total. The fourth-order valence-electron chi connectivity index (χ4n) is 10.1. The van der Waals surface area contributed by atoms with E-state index in [4.69, 9.17) is 4.42 Å². The lowest BCUT2D eigenvalue weighted by atomic mass is 9.66.